The first-order chi connectivity index (χ1) is 24.1. The van der Waals surface area contributed by atoms with E-state index in [0.717, 1.165) is 62.1 Å². The first-order valence-electron chi connectivity index (χ1n) is 18.9. The highest BCUT2D eigenvalue weighted by Crippen LogP contribution is 2.65. The lowest BCUT2D eigenvalue weighted by atomic mass is 9.47. The lowest BCUT2D eigenvalue weighted by Gasteiger charge is -2.57. The Morgan fingerprint density at radius 1 is 0.880 bits per heavy atom. The molecular formula is C37H59N3O10. The predicted octanol–water partition coefficient (Wildman–Crippen LogP) is 3.81. The Balaban J connectivity index is 0.830. The number of hydrogen-bond donors (Lipinski definition) is 3. The topological polar surface area (TPSA) is 165 Å². The van der Waals surface area contributed by atoms with Gasteiger partial charge in [0.2, 0.25) is 0 Å². The summed E-state index contributed by atoms with van der Waals surface area (Å²) in [5.41, 5.74) is 2.71. The normalized spacial score (nSPS) is 32.7. The van der Waals surface area contributed by atoms with Crippen molar-refractivity contribution in [2.45, 2.75) is 116 Å². The van der Waals surface area contributed by atoms with Crippen LogP contribution < -0.4 is 5.32 Å². The van der Waals surface area contributed by atoms with Gasteiger partial charge in [0.25, 0.3) is 11.8 Å². The Labute approximate surface area is 296 Å². The van der Waals surface area contributed by atoms with Crippen LogP contribution >= 0.6 is 0 Å². The fourth-order valence-electron chi connectivity index (χ4n) is 9.18. The van der Waals surface area contributed by atoms with E-state index in [1.54, 1.807) is 0 Å². The van der Waals surface area contributed by atoms with Gasteiger partial charge >= 0.3 is 5.97 Å². The molecule has 7 atom stereocenters. The van der Waals surface area contributed by atoms with Crippen LogP contribution in [-0.2, 0) is 38.3 Å². The molecule has 282 valence electrons. The second-order valence-corrected chi connectivity index (χ2v) is 15.2. The molecule has 50 heavy (non-hydrogen) atoms. The largest absolute Gasteiger partial charge is 0.393 e. The molecule has 0 aromatic heterocycles. The summed E-state index contributed by atoms with van der Waals surface area (Å²) in [6.45, 7) is 7.66. The van der Waals surface area contributed by atoms with E-state index in [0.29, 0.717) is 57.3 Å². The molecule has 4 aliphatic carbocycles. The molecule has 2 amide bonds. The maximum absolute atomic E-state index is 12.2. The molecule has 13 heteroatoms. The number of amides is 2. The van der Waals surface area contributed by atoms with Crippen LogP contribution in [0.2, 0.25) is 0 Å². The number of aliphatic hydroxyl groups is 2. The van der Waals surface area contributed by atoms with Crippen LogP contribution in [0.5, 0.6) is 0 Å². The average molecular weight is 706 g/mol. The number of nitrogens with one attached hydrogen (secondary N) is 1. The minimum atomic E-state index is -1.06. The van der Waals surface area contributed by atoms with Crippen molar-refractivity contribution in [2.24, 2.45) is 33.7 Å². The zero-order chi connectivity index (χ0) is 35.6. The summed E-state index contributed by atoms with van der Waals surface area (Å²) in [7, 11) is 0. The Morgan fingerprint density at radius 3 is 2.40 bits per heavy atom. The monoisotopic (exact) mass is 705 g/mol. The van der Waals surface area contributed by atoms with Crippen LogP contribution in [0.25, 0.3) is 0 Å². The van der Waals surface area contributed by atoms with E-state index in [1.165, 1.54) is 24.8 Å². The minimum Gasteiger partial charge on any atom is -0.393 e. The molecule has 1 aliphatic heterocycles. The number of allylic oxidation sites excluding steroid dienone is 2. The van der Waals surface area contributed by atoms with Crippen LogP contribution in [0.15, 0.2) is 16.8 Å². The number of hydrogen-bond acceptors (Lipinski definition) is 11. The van der Waals surface area contributed by atoms with Crippen molar-refractivity contribution in [3.63, 3.8) is 0 Å². The van der Waals surface area contributed by atoms with E-state index < -0.39 is 18.1 Å². The number of carbonyl (C=O) groups is 3. The summed E-state index contributed by atoms with van der Waals surface area (Å²) < 4.78 is 16.6. The van der Waals surface area contributed by atoms with Crippen molar-refractivity contribution in [1.29, 1.82) is 0 Å². The molecule has 3 N–H and O–H groups in total. The molecule has 0 spiro atoms. The molecule has 0 bridgehead atoms. The minimum absolute atomic E-state index is 0.0138. The molecule has 1 saturated heterocycles. The van der Waals surface area contributed by atoms with Gasteiger partial charge in [-0.2, -0.15) is 0 Å². The smallest absolute Gasteiger partial charge is 0.334 e. The van der Waals surface area contributed by atoms with Gasteiger partial charge in [-0.15, -0.1) is 5.06 Å². The van der Waals surface area contributed by atoms with Crippen molar-refractivity contribution in [1.82, 2.24) is 10.4 Å². The highest BCUT2D eigenvalue weighted by Gasteiger charge is 2.58. The third kappa shape index (κ3) is 9.64. The summed E-state index contributed by atoms with van der Waals surface area (Å²) >= 11 is 0. The summed E-state index contributed by atoms with van der Waals surface area (Å²) in [6.07, 6.45) is 12.8. The number of rotatable bonds is 19. The second kappa shape index (κ2) is 18.3. The first-order valence-corrected chi connectivity index (χ1v) is 18.9. The van der Waals surface area contributed by atoms with E-state index >= 15 is 0 Å². The van der Waals surface area contributed by atoms with E-state index in [9.17, 15) is 24.6 Å². The number of ether oxygens (including phenoxy) is 3. The summed E-state index contributed by atoms with van der Waals surface area (Å²) in [4.78, 5) is 45.8. The SMILES string of the molecule is CC12CC/C(=N\OCC(=O)NCCOCCOCCCCCOCCC(=O)ON3C(=O)CCC3O)C=C1CCC1C2CCC2(C)C(O)CCC12. The number of unbranched alkanes of at least 4 members (excludes halogenated alkanes) is 2. The van der Waals surface area contributed by atoms with Gasteiger partial charge in [0.05, 0.1) is 44.7 Å². The quantitative estimate of drug-likeness (QED) is 0.133. The van der Waals surface area contributed by atoms with Crippen LogP contribution in [0.4, 0.5) is 0 Å². The zero-order valence-electron chi connectivity index (χ0n) is 30.1. The number of oxime groups is 1. The number of carbonyl (C=O) groups excluding carboxylic acids is 3. The third-order valence-electron chi connectivity index (χ3n) is 12.1. The lowest BCUT2D eigenvalue weighted by Crippen LogP contribution is -2.51. The van der Waals surface area contributed by atoms with Gasteiger partial charge in [-0.3, -0.25) is 9.59 Å². The van der Waals surface area contributed by atoms with Gasteiger partial charge < -0.3 is 39.4 Å². The summed E-state index contributed by atoms with van der Waals surface area (Å²) in [6, 6.07) is 0. The van der Waals surface area contributed by atoms with Crippen LogP contribution in [0.3, 0.4) is 0 Å². The predicted molar refractivity (Wildman–Crippen MR) is 183 cm³/mol. The van der Waals surface area contributed by atoms with Crippen molar-refractivity contribution < 1.29 is 48.5 Å². The van der Waals surface area contributed by atoms with Gasteiger partial charge in [-0.25, -0.2) is 4.79 Å². The maximum Gasteiger partial charge on any atom is 0.334 e. The molecule has 3 saturated carbocycles. The lowest BCUT2D eigenvalue weighted by molar-refractivity contribution is -0.221. The van der Waals surface area contributed by atoms with Gasteiger partial charge in [-0.05, 0) is 105 Å². The van der Waals surface area contributed by atoms with Gasteiger partial charge in [0, 0.05) is 32.6 Å². The molecule has 5 rings (SSSR count). The van der Waals surface area contributed by atoms with Crippen LogP contribution in [0, 0.1) is 28.6 Å². The molecule has 13 nitrogen and oxygen atoms in total. The number of nitrogens with zero attached hydrogens (tertiary/aromatic N) is 2. The molecule has 7 unspecified atom stereocenters. The summed E-state index contributed by atoms with van der Waals surface area (Å²) in [5, 5.41) is 28.2. The van der Waals surface area contributed by atoms with E-state index in [-0.39, 0.29) is 55.3 Å². The average Bonchev–Trinajstić information content (AvgIpc) is 3.58. The van der Waals surface area contributed by atoms with E-state index in [1.807, 2.05) is 0 Å². The molecule has 0 radical (unpaired) electrons. The Kier molecular flexibility index (Phi) is 14.1. The van der Waals surface area contributed by atoms with Crippen molar-refractivity contribution in [2.75, 3.05) is 52.8 Å². The Hall–Kier alpha value is -2.58. The fraction of sp³-hybridized carbons (Fsp3) is 0.838. The molecule has 0 aromatic rings. The molecule has 4 fully saturated rings. The van der Waals surface area contributed by atoms with Gasteiger partial charge in [0.15, 0.2) is 12.8 Å². The summed E-state index contributed by atoms with van der Waals surface area (Å²) in [5.74, 6) is 0.805. The molecule has 5 aliphatic rings. The van der Waals surface area contributed by atoms with Crippen molar-refractivity contribution in [3.05, 3.63) is 11.6 Å². The number of fused-ring (bicyclic) bond motifs is 5. The molecule has 1 heterocycles. The second-order valence-electron chi connectivity index (χ2n) is 15.2. The maximum atomic E-state index is 12.2. The Bertz CT molecular complexity index is 1230. The van der Waals surface area contributed by atoms with Crippen LogP contribution in [-0.4, -0.2) is 104 Å². The Morgan fingerprint density at radius 2 is 1.64 bits per heavy atom. The standard InChI is InChI=1S/C37H59N3O10/c1-36-15-12-27(24-26(36)6-7-28-29-8-9-31(41)37(29,2)16-13-30(28)36)39-49-25-32(42)38-17-21-48-23-22-47-19-5-3-4-18-46-20-14-35(45)50-40-33(43)10-11-34(40)44/h24,28-31,33,41,43H,3-23,25H2,1-2H3,(H,38,42)/b39-27+. The first kappa shape index (κ1) is 38.6. The van der Waals surface area contributed by atoms with Crippen LogP contribution in [0.1, 0.15) is 104 Å². The molecular weight excluding hydrogens is 646 g/mol. The van der Waals surface area contributed by atoms with E-state index in [4.69, 9.17) is 23.9 Å². The van der Waals surface area contributed by atoms with E-state index in [2.05, 4.69) is 30.4 Å². The zero-order valence-corrected chi connectivity index (χ0v) is 30.1. The third-order valence-corrected chi connectivity index (χ3v) is 12.1. The highest BCUT2D eigenvalue weighted by atomic mass is 16.7. The van der Waals surface area contributed by atoms with Gasteiger partial charge in [-0.1, -0.05) is 24.6 Å². The fourth-order valence-corrected chi connectivity index (χ4v) is 9.18. The van der Waals surface area contributed by atoms with Crippen molar-refractivity contribution in [3.8, 4) is 0 Å². The molecule has 0 aromatic carbocycles. The highest BCUT2D eigenvalue weighted by molar-refractivity contribution is 5.96. The van der Waals surface area contributed by atoms with Crippen molar-refractivity contribution >= 4 is 23.5 Å². The number of hydroxylamine groups is 2. The van der Waals surface area contributed by atoms with Gasteiger partial charge in [0.1, 0.15) is 0 Å². The number of aliphatic hydroxyl groups excluding tert-OH is 2.